The Morgan fingerprint density at radius 1 is 1.20 bits per heavy atom. The van der Waals surface area contributed by atoms with Crippen molar-refractivity contribution < 1.29 is 0 Å². The maximum absolute atomic E-state index is 5.60. The lowest BCUT2D eigenvalue weighted by molar-refractivity contribution is 1.09. The average molecular weight is 221 g/mol. The Balaban J connectivity index is 2.97. The molecular weight excluding hydrogens is 204 g/mol. The van der Waals surface area contributed by atoms with E-state index in [4.69, 9.17) is 11.6 Å². The lowest BCUT2D eigenvalue weighted by Crippen LogP contribution is -1.90. The minimum atomic E-state index is 0.613. The predicted octanol–water partition coefficient (Wildman–Crippen LogP) is 3.79. The molecule has 0 saturated heterocycles. The molecule has 0 atom stereocenters. The van der Waals surface area contributed by atoms with E-state index in [0.29, 0.717) is 5.88 Å². The fourth-order valence-electron chi connectivity index (χ4n) is 1.47. The zero-order valence-corrected chi connectivity index (χ0v) is 10.2. The van der Waals surface area contributed by atoms with E-state index in [2.05, 4.69) is 43.9 Å². The summed E-state index contributed by atoms with van der Waals surface area (Å²) in [4.78, 5) is 0. The lowest BCUT2D eigenvalue weighted by atomic mass is 10.0. The number of hydrogen-bond donors (Lipinski definition) is 0. The fraction of sp³-hybridized carbons (Fsp3) is 0.429. The van der Waals surface area contributed by atoms with Gasteiger partial charge in [0.05, 0.1) is 0 Å². The first-order valence-corrected chi connectivity index (χ1v) is 6.01. The Bertz CT molecular complexity index is 369. The predicted molar refractivity (Wildman–Crippen MR) is 67.4 cm³/mol. The highest BCUT2D eigenvalue weighted by Crippen LogP contribution is 2.12. The highest BCUT2D eigenvalue weighted by atomic mass is 35.5. The Morgan fingerprint density at radius 3 is 2.60 bits per heavy atom. The van der Waals surface area contributed by atoms with Gasteiger partial charge in [-0.15, -0.1) is 11.6 Å². The second-order valence-corrected chi connectivity index (χ2v) is 3.82. The normalized spacial score (nSPS) is 9.53. The standard InChI is InChI=1S/C14H17Cl/c1-3-12-8-9-13(4-2)14(11-12)7-5-6-10-15/h8-9,11H,3-4,6,10H2,1-2H3. The molecule has 80 valence electrons. The van der Waals surface area contributed by atoms with Crippen molar-refractivity contribution in [1.29, 1.82) is 0 Å². The van der Waals surface area contributed by atoms with Crippen molar-refractivity contribution in [2.24, 2.45) is 0 Å². The summed E-state index contributed by atoms with van der Waals surface area (Å²) < 4.78 is 0. The summed E-state index contributed by atoms with van der Waals surface area (Å²) >= 11 is 5.60. The van der Waals surface area contributed by atoms with Crippen LogP contribution in [0.3, 0.4) is 0 Å². The van der Waals surface area contributed by atoms with E-state index in [9.17, 15) is 0 Å². The first-order valence-electron chi connectivity index (χ1n) is 5.48. The van der Waals surface area contributed by atoms with Gasteiger partial charge in [-0.3, -0.25) is 0 Å². The fourth-order valence-corrected chi connectivity index (χ4v) is 1.57. The number of alkyl halides is 1. The van der Waals surface area contributed by atoms with Gasteiger partial charge < -0.3 is 0 Å². The van der Waals surface area contributed by atoms with Gasteiger partial charge in [-0.1, -0.05) is 37.8 Å². The highest BCUT2D eigenvalue weighted by Gasteiger charge is 1.98. The van der Waals surface area contributed by atoms with Crippen LogP contribution in [-0.2, 0) is 12.8 Å². The molecule has 0 radical (unpaired) electrons. The molecule has 0 amide bonds. The lowest BCUT2D eigenvalue weighted by Gasteiger charge is -2.03. The molecule has 1 rings (SSSR count). The van der Waals surface area contributed by atoms with Crippen molar-refractivity contribution >= 4 is 11.6 Å². The summed E-state index contributed by atoms with van der Waals surface area (Å²) in [6.07, 6.45) is 2.87. The van der Waals surface area contributed by atoms with Crippen molar-refractivity contribution in [3.05, 3.63) is 34.9 Å². The molecule has 0 N–H and O–H groups in total. The van der Waals surface area contributed by atoms with Gasteiger partial charge in [-0.25, -0.2) is 0 Å². The van der Waals surface area contributed by atoms with Crippen LogP contribution in [0.25, 0.3) is 0 Å². The molecule has 0 unspecified atom stereocenters. The molecular formula is C14H17Cl. The summed E-state index contributed by atoms with van der Waals surface area (Å²) in [5, 5.41) is 0. The van der Waals surface area contributed by atoms with Crippen LogP contribution in [-0.4, -0.2) is 5.88 Å². The number of aryl methyl sites for hydroxylation is 2. The summed E-state index contributed by atoms with van der Waals surface area (Å²) in [5.74, 6) is 6.91. The van der Waals surface area contributed by atoms with Crippen molar-refractivity contribution in [1.82, 2.24) is 0 Å². The monoisotopic (exact) mass is 220 g/mol. The van der Waals surface area contributed by atoms with Crippen LogP contribution in [0.1, 0.15) is 37.0 Å². The number of hydrogen-bond acceptors (Lipinski definition) is 0. The molecule has 0 aliphatic carbocycles. The Hall–Kier alpha value is -0.930. The summed E-state index contributed by atoms with van der Waals surface area (Å²) in [5.41, 5.74) is 3.85. The number of halogens is 1. The number of rotatable bonds is 3. The van der Waals surface area contributed by atoms with E-state index < -0.39 is 0 Å². The minimum Gasteiger partial charge on any atom is -0.126 e. The Kier molecular flexibility index (Phi) is 5.29. The molecule has 1 heteroatoms. The van der Waals surface area contributed by atoms with Crippen LogP contribution < -0.4 is 0 Å². The zero-order valence-electron chi connectivity index (χ0n) is 9.44. The molecule has 0 spiro atoms. The van der Waals surface area contributed by atoms with Gasteiger partial charge in [-0.2, -0.15) is 0 Å². The zero-order chi connectivity index (χ0) is 11.1. The van der Waals surface area contributed by atoms with Gasteiger partial charge in [0, 0.05) is 17.9 Å². The van der Waals surface area contributed by atoms with Crippen LogP contribution in [0.15, 0.2) is 18.2 Å². The largest absolute Gasteiger partial charge is 0.126 e. The van der Waals surface area contributed by atoms with Gasteiger partial charge in [0.15, 0.2) is 0 Å². The third kappa shape index (κ3) is 3.61. The van der Waals surface area contributed by atoms with E-state index in [0.717, 1.165) is 19.3 Å². The molecule has 0 aromatic heterocycles. The van der Waals surface area contributed by atoms with Crippen molar-refractivity contribution in [2.45, 2.75) is 33.1 Å². The summed E-state index contributed by atoms with van der Waals surface area (Å²) in [6, 6.07) is 6.56. The van der Waals surface area contributed by atoms with Crippen molar-refractivity contribution in [3.8, 4) is 11.8 Å². The Morgan fingerprint density at radius 2 is 2.00 bits per heavy atom. The van der Waals surface area contributed by atoms with Gasteiger partial charge >= 0.3 is 0 Å². The summed E-state index contributed by atoms with van der Waals surface area (Å²) in [7, 11) is 0. The average Bonchev–Trinajstić information content (AvgIpc) is 2.29. The molecule has 15 heavy (non-hydrogen) atoms. The topological polar surface area (TPSA) is 0 Å². The molecule has 0 fully saturated rings. The molecule has 0 heterocycles. The third-order valence-corrected chi connectivity index (χ3v) is 2.59. The van der Waals surface area contributed by atoms with Crippen molar-refractivity contribution in [3.63, 3.8) is 0 Å². The minimum absolute atomic E-state index is 0.613. The van der Waals surface area contributed by atoms with Crippen LogP contribution >= 0.6 is 11.6 Å². The molecule has 0 bridgehead atoms. The van der Waals surface area contributed by atoms with E-state index in [1.165, 1.54) is 16.7 Å². The molecule has 0 aliphatic rings. The Labute approximate surface area is 97.7 Å². The molecule has 1 aromatic carbocycles. The van der Waals surface area contributed by atoms with E-state index in [1.807, 2.05) is 0 Å². The smallest absolute Gasteiger partial charge is 0.0333 e. The maximum atomic E-state index is 5.60. The van der Waals surface area contributed by atoms with Gasteiger partial charge in [0.2, 0.25) is 0 Å². The maximum Gasteiger partial charge on any atom is 0.0333 e. The SMILES string of the molecule is CCc1ccc(CC)c(C#CCCCl)c1. The van der Waals surface area contributed by atoms with Gasteiger partial charge in [-0.05, 0) is 30.0 Å². The van der Waals surface area contributed by atoms with Gasteiger partial charge in [0.1, 0.15) is 0 Å². The second kappa shape index (κ2) is 6.53. The highest BCUT2D eigenvalue weighted by molar-refractivity contribution is 6.18. The summed E-state index contributed by atoms with van der Waals surface area (Å²) in [6.45, 7) is 4.32. The van der Waals surface area contributed by atoms with Crippen LogP contribution in [0.4, 0.5) is 0 Å². The first-order chi connectivity index (χ1) is 7.31. The quantitative estimate of drug-likeness (QED) is 0.537. The van der Waals surface area contributed by atoms with E-state index >= 15 is 0 Å². The molecule has 0 aliphatic heterocycles. The molecule has 1 aromatic rings. The van der Waals surface area contributed by atoms with Crippen LogP contribution in [0.2, 0.25) is 0 Å². The first kappa shape index (κ1) is 12.1. The second-order valence-electron chi connectivity index (χ2n) is 3.44. The third-order valence-electron chi connectivity index (χ3n) is 2.41. The van der Waals surface area contributed by atoms with Crippen molar-refractivity contribution in [2.75, 3.05) is 5.88 Å². The number of benzene rings is 1. The van der Waals surface area contributed by atoms with Gasteiger partial charge in [0.25, 0.3) is 0 Å². The van der Waals surface area contributed by atoms with Crippen LogP contribution in [0.5, 0.6) is 0 Å². The van der Waals surface area contributed by atoms with Crippen LogP contribution in [0, 0.1) is 11.8 Å². The van der Waals surface area contributed by atoms with E-state index in [1.54, 1.807) is 0 Å². The molecule has 0 nitrogen and oxygen atoms in total. The molecule has 0 saturated carbocycles. The van der Waals surface area contributed by atoms with E-state index in [-0.39, 0.29) is 0 Å².